The SMILES string of the molecule is [B]C(O)(O)N(C)C1C[C@H](c2c(C=O)cccc2OC(F)F)n2c1nc1cc(F)c(-c3ccc(CP(C)(C)=O)c(F)c3)cc12. The van der Waals surface area contributed by atoms with Crippen LogP contribution in [0.4, 0.5) is 17.6 Å². The number of imidazole rings is 1. The summed E-state index contributed by atoms with van der Waals surface area (Å²) in [6.07, 6.45) is 0.504. The number of aldehydes is 1. The van der Waals surface area contributed by atoms with E-state index in [1.54, 1.807) is 4.57 Å². The van der Waals surface area contributed by atoms with E-state index in [0.717, 1.165) is 17.0 Å². The summed E-state index contributed by atoms with van der Waals surface area (Å²) < 4.78 is 75.9. The number of alkyl halides is 2. The molecule has 2 N–H and O–H groups in total. The number of aromatic nitrogens is 2. The standard InChI is InChI=1S/C29H27BF4N3O5P/c1-36(29(30,39)40)24-12-23(26-16(13-38)5-4-6-25(26)42-28(33)34)37-22-10-18(20(32)11-21(22)35-27(24)37)15-7-8-17(19(31)9-15)14-43(2,3)41/h4-11,13,23-24,28,39-40H,12,14H2,1-3H3/t23-,24?/m1/s1. The summed E-state index contributed by atoms with van der Waals surface area (Å²) in [5.74, 6) is -4.30. The van der Waals surface area contributed by atoms with Crippen molar-refractivity contribution in [3.8, 4) is 16.9 Å². The predicted molar refractivity (Wildman–Crippen MR) is 153 cm³/mol. The summed E-state index contributed by atoms with van der Waals surface area (Å²) in [6.45, 7) is -0.130. The van der Waals surface area contributed by atoms with Gasteiger partial charge in [0.05, 0.1) is 30.3 Å². The fraction of sp³-hybridized carbons (Fsp3) is 0.310. The normalized spacial score (nSPS) is 17.2. The molecule has 2 atom stereocenters. The molecule has 2 radical (unpaired) electrons. The molecular formula is C29H27BF4N3O5P. The van der Waals surface area contributed by atoms with E-state index in [-0.39, 0.29) is 57.5 Å². The number of rotatable bonds is 9. The van der Waals surface area contributed by atoms with Gasteiger partial charge in [0.2, 0.25) is 0 Å². The van der Waals surface area contributed by atoms with Gasteiger partial charge < -0.3 is 24.1 Å². The number of benzene rings is 3. The fourth-order valence-corrected chi connectivity index (χ4v) is 6.70. The number of nitrogens with zero attached hydrogens (tertiary/aromatic N) is 3. The second kappa shape index (κ2) is 11.2. The number of hydrogen-bond acceptors (Lipinski definition) is 7. The molecule has 0 aliphatic carbocycles. The number of halogens is 4. The summed E-state index contributed by atoms with van der Waals surface area (Å²) in [4.78, 5) is 17.6. The van der Waals surface area contributed by atoms with Gasteiger partial charge in [-0.2, -0.15) is 8.78 Å². The minimum Gasteiger partial charge on any atom is -0.434 e. The van der Waals surface area contributed by atoms with Crippen LogP contribution in [0.25, 0.3) is 22.2 Å². The van der Waals surface area contributed by atoms with E-state index in [1.165, 1.54) is 56.8 Å². The monoisotopic (exact) mass is 615 g/mol. The topological polar surface area (TPSA) is 105 Å². The van der Waals surface area contributed by atoms with Gasteiger partial charge in [0, 0.05) is 28.9 Å². The first kappa shape index (κ1) is 30.9. The van der Waals surface area contributed by atoms with E-state index >= 15 is 8.78 Å². The van der Waals surface area contributed by atoms with E-state index in [9.17, 15) is 28.4 Å². The highest BCUT2D eigenvalue weighted by atomic mass is 31.2. The summed E-state index contributed by atoms with van der Waals surface area (Å²) >= 11 is 0. The highest BCUT2D eigenvalue weighted by Crippen LogP contribution is 2.48. The quantitative estimate of drug-likeness (QED) is 0.0872. The van der Waals surface area contributed by atoms with Crippen LogP contribution in [-0.4, -0.2) is 71.6 Å². The fourth-order valence-electron chi connectivity index (χ4n) is 5.62. The molecular weight excluding hydrogens is 588 g/mol. The molecule has 1 aromatic heterocycles. The van der Waals surface area contributed by atoms with Crippen molar-refractivity contribution in [2.45, 2.75) is 37.1 Å². The lowest BCUT2D eigenvalue weighted by Gasteiger charge is -2.33. The lowest BCUT2D eigenvalue weighted by Crippen LogP contribution is -2.48. The first-order valence-corrected chi connectivity index (χ1v) is 15.9. The lowest BCUT2D eigenvalue weighted by atomic mass is 9.94. The van der Waals surface area contributed by atoms with Gasteiger partial charge in [-0.1, -0.05) is 24.3 Å². The Morgan fingerprint density at radius 2 is 1.91 bits per heavy atom. The molecule has 0 bridgehead atoms. The first-order valence-electron chi connectivity index (χ1n) is 13.1. The molecule has 0 spiro atoms. The summed E-state index contributed by atoms with van der Waals surface area (Å²) in [5.41, 5.74) is 0.956. The zero-order valence-corrected chi connectivity index (χ0v) is 24.2. The molecule has 2 heterocycles. The Bertz CT molecular complexity index is 1770. The minimum atomic E-state index is -3.21. The van der Waals surface area contributed by atoms with Gasteiger partial charge >= 0.3 is 6.61 Å². The van der Waals surface area contributed by atoms with Gasteiger partial charge in [-0.3, -0.25) is 9.69 Å². The van der Waals surface area contributed by atoms with Crippen molar-refractivity contribution >= 4 is 32.3 Å². The van der Waals surface area contributed by atoms with Gasteiger partial charge in [0.25, 0.3) is 0 Å². The van der Waals surface area contributed by atoms with E-state index in [0.29, 0.717) is 11.8 Å². The van der Waals surface area contributed by atoms with Crippen molar-refractivity contribution < 1.29 is 41.9 Å². The van der Waals surface area contributed by atoms with E-state index < -0.39 is 43.3 Å². The molecule has 0 amide bonds. The Balaban J connectivity index is 1.73. The molecule has 43 heavy (non-hydrogen) atoms. The van der Waals surface area contributed by atoms with Gasteiger partial charge in [0.15, 0.2) is 19.9 Å². The zero-order valence-electron chi connectivity index (χ0n) is 23.3. The van der Waals surface area contributed by atoms with Crippen LogP contribution in [0, 0.1) is 11.6 Å². The van der Waals surface area contributed by atoms with Crippen LogP contribution in [0.5, 0.6) is 5.75 Å². The Kier molecular flexibility index (Phi) is 8.06. The number of hydrogen-bond donors (Lipinski definition) is 2. The maximum Gasteiger partial charge on any atom is 0.387 e. The van der Waals surface area contributed by atoms with E-state index in [1.807, 2.05) is 0 Å². The van der Waals surface area contributed by atoms with Crippen LogP contribution in [0.1, 0.15) is 45.8 Å². The number of fused-ring (bicyclic) bond motifs is 3. The molecule has 8 nitrogen and oxygen atoms in total. The average Bonchev–Trinajstić information content (AvgIpc) is 3.44. The van der Waals surface area contributed by atoms with Crippen LogP contribution in [0.3, 0.4) is 0 Å². The van der Waals surface area contributed by atoms with Crippen LogP contribution in [0.2, 0.25) is 0 Å². The third kappa shape index (κ3) is 5.99. The first-order chi connectivity index (χ1) is 20.1. The molecule has 5 rings (SSSR count). The van der Waals surface area contributed by atoms with Crippen molar-refractivity contribution in [2.24, 2.45) is 0 Å². The van der Waals surface area contributed by atoms with Gasteiger partial charge in [0.1, 0.15) is 23.2 Å². The predicted octanol–water partition coefficient (Wildman–Crippen LogP) is 5.25. The Morgan fingerprint density at radius 1 is 1.19 bits per heavy atom. The summed E-state index contributed by atoms with van der Waals surface area (Å²) in [5, 5.41) is 20.3. The van der Waals surface area contributed by atoms with Gasteiger partial charge in [-0.25, -0.2) is 13.8 Å². The third-order valence-corrected chi connectivity index (χ3v) is 8.64. The second-order valence-electron chi connectivity index (χ2n) is 11.0. The molecule has 1 aliphatic heterocycles. The van der Waals surface area contributed by atoms with Crippen molar-refractivity contribution in [3.63, 3.8) is 0 Å². The molecule has 0 saturated heterocycles. The molecule has 0 saturated carbocycles. The Morgan fingerprint density at radius 3 is 2.51 bits per heavy atom. The molecule has 224 valence electrons. The Hall–Kier alpha value is -3.51. The molecule has 0 fully saturated rings. The number of ether oxygens (including phenoxy) is 1. The zero-order chi connectivity index (χ0) is 31.4. The molecule has 1 unspecified atom stereocenters. The summed E-state index contributed by atoms with van der Waals surface area (Å²) in [6, 6.07) is 8.84. The molecule has 3 aromatic carbocycles. The maximum absolute atomic E-state index is 15.5. The van der Waals surface area contributed by atoms with Crippen molar-refractivity contribution in [2.75, 3.05) is 20.4 Å². The summed E-state index contributed by atoms with van der Waals surface area (Å²) in [7, 11) is 4.26. The van der Waals surface area contributed by atoms with Crippen LogP contribution < -0.4 is 4.74 Å². The van der Waals surface area contributed by atoms with Crippen molar-refractivity contribution in [1.82, 2.24) is 14.5 Å². The average molecular weight is 615 g/mol. The minimum absolute atomic E-state index is 0.00222. The van der Waals surface area contributed by atoms with E-state index in [2.05, 4.69) is 4.98 Å². The van der Waals surface area contributed by atoms with E-state index in [4.69, 9.17) is 12.6 Å². The van der Waals surface area contributed by atoms with Crippen LogP contribution >= 0.6 is 7.14 Å². The molecule has 4 aromatic rings. The van der Waals surface area contributed by atoms with Crippen LogP contribution in [0.15, 0.2) is 48.5 Å². The smallest absolute Gasteiger partial charge is 0.387 e. The highest BCUT2D eigenvalue weighted by Gasteiger charge is 2.43. The van der Waals surface area contributed by atoms with Crippen LogP contribution in [-0.2, 0) is 10.7 Å². The van der Waals surface area contributed by atoms with Gasteiger partial charge in [-0.05, 0) is 56.1 Å². The van der Waals surface area contributed by atoms with Crippen molar-refractivity contribution in [1.29, 1.82) is 0 Å². The molecule has 1 aliphatic rings. The number of carbonyl (C=O) groups is 1. The van der Waals surface area contributed by atoms with Gasteiger partial charge in [-0.15, -0.1) is 0 Å². The molecule has 14 heteroatoms. The maximum atomic E-state index is 15.5. The lowest BCUT2D eigenvalue weighted by molar-refractivity contribution is -0.202. The largest absolute Gasteiger partial charge is 0.434 e. The third-order valence-electron chi connectivity index (χ3n) is 7.54. The second-order valence-corrected chi connectivity index (χ2v) is 14.5. The number of carbonyl (C=O) groups excluding carboxylic acids is 1. The number of aliphatic hydroxyl groups is 2. The van der Waals surface area contributed by atoms with Crippen molar-refractivity contribution in [3.05, 3.63) is 82.7 Å². The highest BCUT2D eigenvalue weighted by molar-refractivity contribution is 7.61. The Labute approximate surface area is 245 Å².